The first-order valence-corrected chi connectivity index (χ1v) is 4.50. The first-order chi connectivity index (χ1) is 5.00. The molecule has 0 aliphatic carbocycles. The zero-order valence-corrected chi connectivity index (χ0v) is 10.1. The van der Waals surface area contributed by atoms with E-state index in [2.05, 4.69) is 13.2 Å². The van der Waals surface area contributed by atoms with Gasteiger partial charge in [-0.05, 0) is 0 Å². The van der Waals surface area contributed by atoms with E-state index in [0.717, 1.165) is 0 Å². The number of hydrogen-bond donors (Lipinski definition) is 1. The van der Waals surface area contributed by atoms with E-state index in [1.807, 2.05) is 55.4 Å². The fraction of sp³-hybridized carbons (Fsp3) is 0.800. The van der Waals surface area contributed by atoms with E-state index in [-0.39, 0.29) is 6.15 Å². The molecule has 0 aromatic heterocycles. The van der Waals surface area contributed by atoms with Gasteiger partial charge in [0.15, 0.2) is 0 Å². The number of rotatable bonds is 0. The monoisotopic (exact) mass is 165 g/mol. The van der Waals surface area contributed by atoms with Crippen molar-refractivity contribution in [1.82, 2.24) is 6.15 Å². The SMILES string of the molecule is C=C.CC.CC.CC.CC.N. The second-order valence-electron chi connectivity index (χ2n) is 0. The Bertz CT molecular complexity index is 4.83. The fourth-order valence-corrected chi connectivity index (χ4v) is 0. The minimum atomic E-state index is 0. The van der Waals surface area contributed by atoms with Crippen LogP contribution in [0.4, 0.5) is 0 Å². The molecule has 0 rings (SSSR count). The lowest BCUT2D eigenvalue weighted by Crippen LogP contribution is -0.856. The molecule has 0 aliphatic rings. The molecule has 0 atom stereocenters. The molecule has 0 saturated heterocycles. The van der Waals surface area contributed by atoms with Gasteiger partial charge in [-0.25, -0.2) is 0 Å². The van der Waals surface area contributed by atoms with Crippen LogP contribution in [0.1, 0.15) is 55.4 Å². The molecule has 1 heteroatoms. The molecule has 1 nitrogen and oxygen atoms in total. The van der Waals surface area contributed by atoms with Crippen LogP contribution in [-0.2, 0) is 0 Å². The Balaban J connectivity index is -0.00000000694. The zero-order chi connectivity index (χ0) is 10.0. The maximum absolute atomic E-state index is 3.00. The van der Waals surface area contributed by atoms with Crippen LogP contribution < -0.4 is 6.15 Å². The molecule has 3 N–H and O–H groups in total. The van der Waals surface area contributed by atoms with Gasteiger partial charge in [0.25, 0.3) is 0 Å². The van der Waals surface area contributed by atoms with Gasteiger partial charge in [0.2, 0.25) is 0 Å². The molecule has 0 fully saturated rings. The van der Waals surface area contributed by atoms with Crippen LogP contribution in [0.15, 0.2) is 13.2 Å². The van der Waals surface area contributed by atoms with Crippen molar-refractivity contribution in [3.63, 3.8) is 0 Å². The quantitative estimate of drug-likeness (QED) is 0.500. The molecule has 0 aromatic rings. The summed E-state index contributed by atoms with van der Waals surface area (Å²) in [4.78, 5) is 0. The Kier molecular flexibility index (Phi) is 33800. The lowest BCUT2D eigenvalue weighted by molar-refractivity contribution is 1.50. The summed E-state index contributed by atoms with van der Waals surface area (Å²) < 4.78 is 0. The second kappa shape index (κ2) is 8160. The molecule has 0 bridgehead atoms. The normalized spacial score (nSPS) is 2.55. The summed E-state index contributed by atoms with van der Waals surface area (Å²) >= 11 is 0. The third-order valence-electron chi connectivity index (χ3n) is 0. The highest BCUT2D eigenvalue weighted by molar-refractivity contribution is 4.22. The smallest absolute Gasteiger partial charge is 0.0683 e. The lowest BCUT2D eigenvalue weighted by atomic mass is 11.0. The van der Waals surface area contributed by atoms with Crippen LogP contribution in [-0.4, -0.2) is 0 Å². The van der Waals surface area contributed by atoms with Gasteiger partial charge in [-0.15, -0.1) is 13.2 Å². The Morgan fingerprint density at radius 2 is 0.455 bits per heavy atom. The Labute approximate surface area is 75.5 Å². The molecule has 0 aliphatic heterocycles. The predicted molar refractivity (Wildman–Crippen MR) is 61.7 cm³/mol. The van der Waals surface area contributed by atoms with Crippen molar-refractivity contribution in [3.8, 4) is 0 Å². The zero-order valence-electron chi connectivity index (χ0n) is 10.1. The molecule has 0 radical (unpaired) electrons. The summed E-state index contributed by atoms with van der Waals surface area (Å²) in [6.07, 6.45) is 0. The Morgan fingerprint density at radius 1 is 0.455 bits per heavy atom. The molecule has 76 valence electrons. The van der Waals surface area contributed by atoms with Gasteiger partial charge in [-0.2, -0.15) is 0 Å². The molecule has 0 saturated carbocycles. The summed E-state index contributed by atoms with van der Waals surface area (Å²) in [6, 6.07) is 0. The van der Waals surface area contributed by atoms with Crippen LogP contribution in [0.5, 0.6) is 0 Å². The summed E-state index contributed by atoms with van der Waals surface area (Å²) in [6.45, 7) is 22.0. The van der Waals surface area contributed by atoms with Gasteiger partial charge in [0, 0.05) is 0 Å². The van der Waals surface area contributed by atoms with E-state index < -0.39 is 0 Å². The van der Waals surface area contributed by atoms with Crippen LogP contribution in [0.25, 0.3) is 0 Å². The van der Waals surface area contributed by atoms with E-state index in [0.29, 0.717) is 0 Å². The van der Waals surface area contributed by atoms with Crippen LogP contribution in [0, 0.1) is 0 Å². The van der Waals surface area contributed by atoms with E-state index in [9.17, 15) is 0 Å². The average molecular weight is 165 g/mol. The maximum Gasteiger partial charge on any atom is -0.0683 e. The van der Waals surface area contributed by atoms with Gasteiger partial charge in [-0.3, -0.25) is 0 Å². The predicted octanol–water partition coefficient (Wildman–Crippen LogP) is 5.07. The summed E-state index contributed by atoms with van der Waals surface area (Å²) in [5.74, 6) is 0. The molecule has 0 heterocycles. The van der Waals surface area contributed by atoms with Gasteiger partial charge < -0.3 is 6.15 Å². The van der Waals surface area contributed by atoms with Crippen molar-refractivity contribution in [2.24, 2.45) is 0 Å². The third-order valence-corrected chi connectivity index (χ3v) is 0. The van der Waals surface area contributed by atoms with Crippen LogP contribution in [0.2, 0.25) is 0 Å². The van der Waals surface area contributed by atoms with Gasteiger partial charge in [-0.1, -0.05) is 55.4 Å². The Morgan fingerprint density at radius 3 is 0.455 bits per heavy atom. The summed E-state index contributed by atoms with van der Waals surface area (Å²) in [5, 5.41) is 0. The highest BCUT2D eigenvalue weighted by atomic mass is 14.0. The topological polar surface area (TPSA) is 35.0 Å². The summed E-state index contributed by atoms with van der Waals surface area (Å²) in [7, 11) is 0. The lowest BCUT2D eigenvalue weighted by Gasteiger charge is -1.07. The van der Waals surface area contributed by atoms with E-state index in [1.54, 1.807) is 0 Å². The third kappa shape index (κ3) is 6390. The molecular formula is C10H31N. The van der Waals surface area contributed by atoms with Crippen molar-refractivity contribution in [2.45, 2.75) is 55.4 Å². The fourth-order valence-electron chi connectivity index (χ4n) is 0. The van der Waals surface area contributed by atoms with Crippen molar-refractivity contribution in [3.05, 3.63) is 13.2 Å². The minimum Gasteiger partial charge on any atom is -0.344 e. The molecule has 0 unspecified atom stereocenters. The van der Waals surface area contributed by atoms with Crippen molar-refractivity contribution < 1.29 is 0 Å². The first kappa shape index (κ1) is 45.6. The van der Waals surface area contributed by atoms with Gasteiger partial charge >= 0.3 is 0 Å². The largest absolute Gasteiger partial charge is 0.344 e. The summed E-state index contributed by atoms with van der Waals surface area (Å²) in [5.41, 5.74) is 0. The van der Waals surface area contributed by atoms with E-state index in [4.69, 9.17) is 0 Å². The van der Waals surface area contributed by atoms with Gasteiger partial charge in [0.05, 0.1) is 0 Å². The molecule has 0 amide bonds. The average Bonchev–Trinajstić information content (AvgIpc) is 2.20. The highest BCUT2D eigenvalue weighted by Crippen LogP contribution is 1.15. The van der Waals surface area contributed by atoms with Crippen molar-refractivity contribution in [1.29, 1.82) is 0 Å². The number of hydrogen-bond acceptors (Lipinski definition) is 1. The molecule has 0 spiro atoms. The van der Waals surface area contributed by atoms with Crippen LogP contribution in [0.3, 0.4) is 0 Å². The Hall–Kier alpha value is -0.300. The van der Waals surface area contributed by atoms with Crippen LogP contribution >= 0.6 is 0 Å². The second-order valence-corrected chi connectivity index (χ2v) is 0. The maximum atomic E-state index is 3.00. The van der Waals surface area contributed by atoms with Crippen molar-refractivity contribution >= 4 is 0 Å². The minimum absolute atomic E-state index is 0. The molecule has 0 aromatic carbocycles. The highest BCUT2D eigenvalue weighted by Gasteiger charge is 0.938. The molecular weight excluding hydrogens is 134 g/mol. The standard InChI is InChI=1S/4C2H6.C2H4.H3N/c5*1-2;/h4*1-2H3;1-2H2;1H3. The van der Waals surface area contributed by atoms with E-state index in [1.165, 1.54) is 0 Å². The van der Waals surface area contributed by atoms with Crippen molar-refractivity contribution in [2.75, 3.05) is 0 Å². The van der Waals surface area contributed by atoms with E-state index >= 15 is 0 Å². The molecule has 11 heavy (non-hydrogen) atoms. The van der Waals surface area contributed by atoms with Gasteiger partial charge in [0.1, 0.15) is 0 Å². The first-order valence-electron chi connectivity index (χ1n) is 4.50.